The van der Waals surface area contributed by atoms with Crippen LogP contribution in [0.15, 0.2) is 29.2 Å². The molecule has 142 valence electrons. The van der Waals surface area contributed by atoms with Gasteiger partial charge in [0.2, 0.25) is 5.91 Å². The molecule has 8 heteroatoms. The van der Waals surface area contributed by atoms with Crippen molar-refractivity contribution in [3.63, 3.8) is 0 Å². The van der Waals surface area contributed by atoms with Crippen LogP contribution < -0.4 is 10.6 Å². The average Bonchev–Trinajstić information content (AvgIpc) is 2.95. The summed E-state index contributed by atoms with van der Waals surface area (Å²) in [5.41, 5.74) is 0.725. The van der Waals surface area contributed by atoms with Crippen molar-refractivity contribution in [1.29, 1.82) is 0 Å². The van der Waals surface area contributed by atoms with Crippen LogP contribution in [0.25, 0.3) is 0 Å². The van der Waals surface area contributed by atoms with E-state index in [1.807, 2.05) is 6.92 Å². The number of nitrogens with zero attached hydrogens (tertiary/aromatic N) is 1. The third kappa shape index (κ3) is 4.00. The number of carbonyl (C=O) groups is 2. The minimum absolute atomic E-state index is 0.106. The summed E-state index contributed by atoms with van der Waals surface area (Å²) >= 11 is 0. The van der Waals surface area contributed by atoms with Gasteiger partial charge in [0.15, 0.2) is 9.84 Å². The third-order valence-electron chi connectivity index (χ3n) is 5.39. The normalized spacial score (nSPS) is 20.7. The molecule has 0 unspecified atom stereocenters. The van der Waals surface area contributed by atoms with E-state index in [0.717, 1.165) is 24.8 Å². The van der Waals surface area contributed by atoms with Crippen LogP contribution in [0.3, 0.4) is 0 Å². The molecule has 1 aromatic rings. The van der Waals surface area contributed by atoms with Gasteiger partial charge in [-0.15, -0.1) is 0 Å². The molecule has 0 bridgehead atoms. The zero-order valence-electron chi connectivity index (χ0n) is 15.1. The first kappa shape index (κ1) is 18.7. The summed E-state index contributed by atoms with van der Waals surface area (Å²) in [4.78, 5) is 26.0. The summed E-state index contributed by atoms with van der Waals surface area (Å²) in [6.07, 6.45) is 4.16. The summed E-state index contributed by atoms with van der Waals surface area (Å²) in [6.45, 7) is 3.10. The first-order valence-corrected chi connectivity index (χ1v) is 10.7. The lowest BCUT2D eigenvalue weighted by molar-refractivity contribution is -0.120. The number of sulfone groups is 1. The summed E-state index contributed by atoms with van der Waals surface area (Å²) in [5.74, 6) is 0.106. The van der Waals surface area contributed by atoms with E-state index in [1.165, 1.54) is 6.26 Å². The Morgan fingerprint density at radius 2 is 1.81 bits per heavy atom. The quantitative estimate of drug-likeness (QED) is 0.834. The van der Waals surface area contributed by atoms with Crippen LogP contribution in [0, 0.1) is 0 Å². The maximum atomic E-state index is 12.5. The predicted octanol–water partition coefficient (Wildman–Crippen LogP) is 1.61. The molecule has 2 N–H and O–H groups in total. The van der Waals surface area contributed by atoms with E-state index in [2.05, 4.69) is 10.6 Å². The minimum atomic E-state index is -3.23. The Hall–Kier alpha value is -2.09. The molecule has 0 saturated carbocycles. The van der Waals surface area contributed by atoms with Crippen molar-refractivity contribution in [3.8, 4) is 0 Å². The maximum absolute atomic E-state index is 12.5. The first-order chi connectivity index (χ1) is 12.2. The van der Waals surface area contributed by atoms with Crippen LogP contribution >= 0.6 is 0 Å². The number of amides is 3. The maximum Gasteiger partial charge on any atom is 0.317 e. The Morgan fingerprint density at radius 1 is 1.19 bits per heavy atom. The van der Waals surface area contributed by atoms with Crippen molar-refractivity contribution in [1.82, 2.24) is 15.5 Å². The molecule has 0 aromatic heterocycles. The molecule has 0 aliphatic carbocycles. The van der Waals surface area contributed by atoms with Crippen LogP contribution in [-0.4, -0.2) is 50.1 Å². The zero-order valence-corrected chi connectivity index (χ0v) is 15.9. The molecule has 26 heavy (non-hydrogen) atoms. The summed E-state index contributed by atoms with van der Waals surface area (Å²) in [6, 6.07) is 6.20. The smallest absolute Gasteiger partial charge is 0.317 e. The van der Waals surface area contributed by atoms with Gasteiger partial charge in [-0.1, -0.05) is 12.1 Å². The van der Waals surface area contributed by atoms with E-state index >= 15 is 0 Å². The summed E-state index contributed by atoms with van der Waals surface area (Å²) in [5, 5.41) is 6.03. The van der Waals surface area contributed by atoms with Crippen molar-refractivity contribution >= 4 is 21.8 Å². The SMILES string of the molecule is C[C@@H](NC(=O)N1CCC2(CCC(=O)N2)CC1)c1ccc(S(C)(=O)=O)cc1. The van der Waals surface area contributed by atoms with Crippen LogP contribution in [-0.2, 0) is 14.6 Å². The monoisotopic (exact) mass is 379 g/mol. The fourth-order valence-corrected chi connectivity index (χ4v) is 4.28. The fourth-order valence-electron chi connectivity index (χ4n) is 3.65. The van der Waals surface area contributed by atoms with Crippen LogP contribution in [0.4, 0.5) is 4.79 Å². The van der Waals surface area contributed by atoms with Gasteiger partial charge in [0, 0.05) is 31.3 Å². The van der Waals surface area contributed by atoms with E-state index in [-0.39, 0.29) is 28.4 Å². The van der Waals surface area contributed by atoms with Crippen LogP contribution in [0.1, 0.15) is 44.2 Å². The second-order valence-corrected chi connectivity index (χ2v) is 9.34. The number of likely N-dealkylation sites (tertiary alicyclic amines) is 1. The lowest BCUT2D eigenvalue weighted by Crippen LogP contribution is -2.54. The van der Waals surface area contributed by atoms with Crippen molar-refractivity contribution in [2.45, 2.75) is 49.1 Å². The molecule has 2 aliphatic rings. The average molecular weight is 379 g/mol. The highest BCUT2D eigenvalue weighted by molar-refractivity contribution is 7.90. The number of rotatable bonds is 3. The van der Waals surface area contributed by atoms with E-state index in [9.17, 15) is 18.0 Å². The second kappa shape index (κ2) is 6.90. The Balaban J connectivity index is 1.56. The Kier molecular flexibility index (Phi) is 4.96. The number of nitrogens with one attached hydrogen (secondary N) is 2. The minimum Gasteiger partial charge on any atom is -0.351 e. The van der Waals surface area contributed by atoms with E-state index in [4.69, 9.17) is 0 Å². The standard InChI is InChI=1S/C18H25N3O4S/c1-13(14-3-5-15(6-4-14)26(2,24)25)19-17(23)21-11-9-18(10-12-21)8-7-16(22)20-18/h3-6,13H,7-12H2,1-2H3,(H,19,23)(H,20,22)/t13-/m1/s1. The Bertz CT molecular complexity index is 796. The van der Waals surface area contributed by atoms with Crippen molar-refractivity contribution < 1.29 is 18.0 Å². The highest BCUT2D eigenvalue weighted by atomic mass is 32.2. The van der Waals surface area contributed by atoms with Gasteiger partial charge in [0.05, 0.1) is 10.9 Å². The van der Waals surface area contributed by atoms with Gasteiger partial charge in [-0.05, 0) is 43.9 Å². The number of hydrogen-bond acceptors (Lipinski definition) is 4. The van der Waals surface area contributed by atoms with Gasteiger partial charge in [-0.25, -0.2) is 13.2 Å². The molecular weight excluding hydrogens is 354 g/mol. The van der Waals surface area contributed by atoms with Gasteiger partial charge in [0.25, 0.3) is 0 Å². The molecule has 3 rings (SSSR count). The van der Waals surface area contributed by atoms with Gasteiger partial charge in [-0.3, -0.25) is 4.79 Å². The molecule has 1 atom stereocenters. The molecule has 0 radical (unpaired) electrons. The number of benzene rings is 1. The molecule has 7 nitrogen and oxygen atoms in total. The Morgan fingerprint density at radius 3 is 2.31 bits per heavy atom. The predicted molar refractivity (Wildman–Crippen MR) is 97.4 cm³/mol. The van der Waals surface area contributed by atoms with Gasteiger partial charge in [-0.2, -0.15) is 0 Å². The Labute approximate surface area is 154 Å². The summed E-state index contributed by atoms with van der Waals surface area (Å²) < 4.78 is 23.0. The first-order valence-electron chi connectivity index (χ1n) is 8.85. The topological polar surface area (TPSA) is 95.6 Å². The van der Waals surface area contributed by atoms with Crippen LogP contribution in [0.2, 0.25) is 0 Å². The molecule has 2 saturated heterocycles. The number of hydrogen-bond donors (Lipinski definition) is 2. The van der Waals surface area contributed by atoms with Crippen molar-refractivity contribution in [2.24, 2.45) is 0 Å². The lowest BCUT2D eigenvalue weighted by Gasteiger charge is -2.39. The number of piperidine rings is 1. The molecule has 3 amide bonds. The zero-order chi connectivity index (χ0) is 18.9. The highest BCUT2D eigenvalue weighted by Crippen LogP contribution is 2.31. The molecule has 2 aliphatic heterocycles. The van der Waals surface area contributed by atoms with Crippen LogP contribution in [0.5, 0.6) is 0 Å². The fraction of sp³-hybridized carbons (Fsp3) is 0.556. The molecule has 2 fully saturated rings. The van der Waals surface area contributed by atoms with E-state index < -0.39 is 9.84 Å². The second-order valence-electron chi connectivity index (χ2n) is 7.33. The molecule has 2 heterocycles. The third-order valence-corrected chi connectivity index (χ3v) is 6.52. The number of carbonyl (C=O) groups excluding carboxylic acids is 2. The number of urea groups is 1. The molecule has 1 spiro atoms. The van der Waals surface area contributed by atoms with E-state index in [1.54, 1.807) is 29.2 Å². The van der Waals surface area contributed by atoms with Gasteiger partial charge in [0.1, 0.15) is 0 Å². The largest absolute Gasteiger partial charge is 0.351 e. The highest BCUT2D eigenvalue weighted by Gasteiger charge is 2.41. The lowest BCUT2D eigenvalue weighted by atomic mass is 9.86. The summed E-state index contributed by atoms with van der Waals surface area (Å²) in [7, 11) is -3.23. The molecule has 1 aromatic carbocycles. The van der Waals surface area contributed by atoms with Gasteiger partial charge < -0.3 is 15.5 Å². The molecular formula is C18H25N3O4S. The van der Waals surface area contributed by atoms with Crippen molar-refractivity contribution in [3.05, 3.63) is 29.8 Å². The van der Waals surface area contributed by atoms with E-state index in [0.29, 0.717) is 19.5 Å². The van der Waals surface area contributed by atoms with Gasteiger partial charge >= 0.3 is 6.03 Å². The van der Waals surface area contributed by atoms with Crippen molar-refractivity contribution in [2.75, 3.05) is 19.3 Å².